The third-order valence-corrected chi connectivity index (χ3v) is 3.76. The molecule has 1 N–H and O–H groups in total. The number of benzene rings is 2. The maximum atomic E-state index is 12.4. The maximum absolute atomic E-state index is 12.4. The lowest BCUT2D eigenvalue weighted by molar-refractivity contribution is -0.122. The molecule has 0 heterocycles. The number of ether oxygens (including phenoxy) is 2. The predicted molar refractivity (Wildman–Crippen MR) is 97.0 cm³/mol. The van der Waals surface area contributed by atoms with Gasteiger partial charge in [0, 0.05) is 5.69 Å². The first-order valence-corrected chi connectivity index (χ1v) is 8.23. The van der Waals surface area contributed by atoms with Gasteiger partial charge in [-0.2, -0.15) is 0 Å². The molecule has 0 saturated heterocycles. The van der Waals surface area contributed by atoms with Crippen LogP contribution in [0.15, 0.2) is 42.5 Å². The van der Waals surface area contributed by atoms with E-state index < -0.39 is 12.1 Å². The van der Waals surface area contributed by atoms with E-state index in [9.17, 15) is 9.59 Å². The van der Waals surface area contributed by atoms with Crippen molar-refractivity contribution in [1.82, 2.24) is 0 Å². The molecule has 2 aromatic rings. The first kappa shape index (κ1) is 18.5. The lowest BCUT2D eigenvalue weighted by atomic mass is 10.1. The summed E-state index contributed by atoms with van der Waals surface area (Å²) in [7, 11) is 0. The Kier molecular flexibility index (Phi) is 6.17. The maximum Gasteiger partial charge on any atom is 0.338 e. The summed E-state index contributed by atoms with van der Waals surface area (Å²) in [4.78, 5) is 24.4. The lowest BCUT2D eigenvalue weighted by Gasteiger charge is -2.17. The Labute approximate surface area is 148 Å². The number of rotatable bonds is 6. The second-order valence-electron chi connectivity index (χ2n) is 5.76. The van der Waals surface area contributed by atoms with Crippen LogP contribution in [-0.4, -0.2) is 24.6 Å². The average molecular weight is 341 g/mol. The van der Waals surface area contributed by atoms with Crippen molar-refractivity contribution < 1.29 is 19.1 Å². The number of hydrogen-bond acceptors (Lipinski definition) is 4. The van der Waals surface area contributed by atoms with Crippen molar-refractivity contribution in [2.45, 2.75) is 33.8 Å². The van der Waals surface area contributed by atoms with Crippen LogP contribution < -0.4 is 10.1 Å². The Morgan fingerprint density at radius 1 is 1.12 bits per heavy atom. The van der Waals surface area contributed by atoms with Crippen molar-refractivity contribution in [1.29, 1.82) is 0 Å². The fourth-order valence-corrected chi connectivity index (χ4v) is 2.38. The number of hydrogen-bond donors (Lipinski definition) is 1. The van der Waals surface area contributed by atoms with Gasteiger partial charge in [-0.05, 0) is 63.1 Å². The standard InChI is InChI=1S/C20H23NO4/c1-5-24-20(23)17-10-7-11-18(14(17)3)21-19(22)15(4)25-16-9-6-8-13(2)12-16/h6-12,15H,5H2,1-4H3,(H,21,22)/t15-/m1/s1. The van der Waals surface area contributed by atoms with Crippen molar-refractivity contribution in [3.63, 3.8) is 0 Å². The van der Waals surface area contributed by atoms with Gasteiger partial charge >= 0.3 is 5.97 Å². The lowest BCUT2D eigenvalue weighted by Crippen LogP contribution is -2.30. The number of anilines is 1. The summed E-state index contributed by atoms with van der Waals surface area (Å²) in [6.45, 7) is 7.47. The highest BCUT2D eigenvalue weighted by Gasteiger charge is 2.18. The minimum absolute atomic E-state index is 0.286. The molecule has 0 aliphatic rings. The summed E-state index contributed by atoms with van der Waals surface area (Å²) in [5, 5.41) is 2.81. The molecule has 0 bridgehead atoms. The van der Waals surface area contributed by atoms with Gasteiger partial charge in [-0.3, -0.25) is 4.79 Å². The molecule has 25 heavy (non-hydrogen) atoms. The molecule has 0 aliphatic heterocycles. The van der Waals surface area contributed by atoms with E-state index in [4.69, 9.17) is 9.47 Å². The zero-order valence-corrected chi connectivity index (χ0v) is 15.0. The van der Waals surface area contributed by atoms with Crippen molar-refractivity contribution in [2.24, 2.45) is 0 Å². The molecule has 5 heteroatoms. The molecular weight excluding hydrogens is 318 g/mol. The Bertz CT molecular complexity index is 770. The summed E-state index contributed by atoms with van der Waals surface area (Å²) in [6, 6.07) is 12.6. The van der Waals surface area contributed by atoms with Crippen LogP contribution in [0.5, 0.6) is 5.75 Å². The third kappa shape index (κ3) is 4.83. The van der Waals surface area contributed by atoms with Gasteiger partial charge < -0.3 is 14.8 Å². The van der Waals surface area contributed by atoms with E-state index in [1.807, 2.05) is 31.2 Å². The number of nitrogens with one attached hydrogen (secondary N) is 1. The molecule has 132 valence electrons. The largest absolute Gasteiger partial charge is 0.481 e. The fourth-order valence-electron chi connectivity index (χ4n) is 2.38. The van der Waals surface area contributed by atoms with Gasteiger partial charge in [0.1, 0.15) is 5.75 Å². The predicted octanol–water partition coefficient (Wildman–Crippen LogP) is 3.89. The minimum atomic E-state index is -0.674. The molecular formula is C20H23NO4. The molecule has 0 radical (unpaired) electrons. The molecule has 2 rings (SSSR count). The Morgan fingerprint density at radius 3 is 2.52 bits per heavy atom. The van der Waals surface area contributed by atoms with Gasteiger partial charge in [0.05, 0.1) is 12.2 Å². The molecule has 0 spiro atoms. The Morgan fingerprint density at radius 2 is 1.84 bits per heavy atom. The molecule has 1 amide bonds. The van der Waals surface area contributed by atoms with Crippen LogP contribution in [0.2, 0.25) is 0 Å². The number of aryl methyl sites for hydroxylation is 1. The minimum Gasteiger partial charge on any atom is -0.481 e. The molecule has 1 atom stereocenters. The first-order valence-electron chi connectivity index (χ1n) is 8.23. The molecule has 0 saturated carbocycles. The zero-order chi connectivity index (χ0) is 18.4. The van der Waals surface area contributed by atoms with Crippen LogP contribution in [0.1, 0.15) is 35.3 Å². The summed E-state index contributed by atoms with van der Waals surface area (Å²) in [6.07, 6.45) is -0.674. The number of esters is 1. The SMILES string of the molecule is CCOC(=O)c1cccc(NC(=O)[C@@H](C)Oc2cccc(C)c2)c1C. The van der Waals surface area contributed by atoms with Crippen LogP contribution >= 0.6 is 0 Å². The topological polar surface area (TPSA) is 64.6 Å². The van der Waals surface area contributed by atoms with Crippen molar-refractivity contribution in [3.8, 4) is 5.75 Å². The number of amides is 1. The van der Waals surface area contributed by atoms with Gasteiger partial charge in [0.2, 0.25) is 0 Å². The van der Waals surface area contributed by atoms with Gasteiger partial charge in [-0.1, -0.05) is 18.2 Å². The highest BCUT2D eigenvalue weighted by atomic mass is 16.5. The normalized spacial score (nSPS) is 11.5. The second kappa shape index (κ2) is 8.33. The third-order valence-electron chi connectivity index (χ3n) is 3.76. The fraction of sp³-hybridized carbons (Fsp3) is 0.300. The van der Waals surface area contributed by atoms with Crippen LogP contribution in [0.25, 0.3) is 0 Å². The molecule has 2 aromatic carbocycles. The van der Waals surface area contributed by atoms with Crippen LogP contribution in [0.3, 0.4) is 0 Å². The van der Waals surface area contributed by atoms with Gasteiger partial charge in [0.25, 0.3) is 5.91 Å². The average Bonchev–Trinajstić information content (AvgIpc) is 2.56. The van der Waals surface area contributed by atoms with Crippen molar-refractivity contribution in [2.75, 3.05) is 11.9 Å². The van der Waals surface area contributed by atoms with Gasteiger partial charge in [0.15, 0.2) is 6.10 Å². The monoisotopic (exact) mass is 341 g/mol. The first-order chi connectivity index (χ1) is 11.9. The Balaban J connectivity index is 2.09. The highest BCUT2D eigenvalue weighted by Crippen LogP contribution is 2.21. The molecule has 0 fully saturated rings. The second-order valence-corrected chi connectivity index (χ2v) is 5.76. The summed E-state index contributed by atoms with van der Waals surface area (Å²) >= 11 is 0. The summed E-state index contributed by atoms with van der Waals surface area (Å²) in [5.74, 6) is -0.0505. The van der Waals surface area contributed by atoms with E-state index in [0.717, 1.165) is 5.56 Å². The van der Waals surface area contributed by atoms with Crippen LogP contribution in [0.4, 0.5) is 5.69 Å². The van der Waals surface area contributed by atoms with E-state index >= 15 is 0 Å². The smallest absolute Gasteiger partial charge is 0.338 e. The Hall–Kier alpha value is -2.82. The van der Waals surface area contributed by atoms with E-state index in [1.165, 1.54) is 0 Å². The quantitative estimate of drug-likeness (QED) is 0.810. The van der Waals surface area contributed by atoms with Gasteiger partial charge in [-0.25, -0.2) is 4.79 Å². The highest BCUT2D eigenvalue weighted by molar-refractivity contribution is 5.98. The number of carbonyl (C=O) groups is 2. The van der Waals surface area contributed by atoms with Gasteiger partial charge in [-0.15, -0.1) is 0 Å². The zero-order valence-electron chi connectivity index (χ0n) is 15.0. The van der Waals surface area contributed by atoms with E-state index in [1.54, 1.807) is 39.0 Å². The molecule has 0 unspecified atom stereocenters. The summed E-state index contributed by atoms with van der Waals surface area (Å²) < 4.78 is 10.7. The number of carbonyl (C=O) groups excluding carboxylic acids is 2. The van der Waals surface area contributed by atoms with Crippen LogP contribution in [0, 0.1) is 13.8 Å². The summed E-state index contributed by atoms with van der Waals surface area (Å²) in [5.41, 5.74) is 2.72. The van der Waals surface area contributed by atoms with E-state index in [-0.39, 0.29) is 5.91 Å². The molecule has 0 aliphatic carbocycles. The van der Waals surface area contributed by atoms with Crippen molar-refractivity contribution in [3.05, 3.63) is 59.2 Å². The van der Waals surface area contributed by atoms with E-state index in [0.29, 0.717) is 29.2 Å². The van der Waals surface area contributed by atoms with Crippen LogP contribution in [-0.2, 0) is 9.53 Å². The molecule has 0 aromatic heterocycles. The molecule has 5 nitrogen and oxygen atoms in total. The van der Waals surface area contributed by atoms with Crippen molar-refractivity contribution >= 4 is 17.6 Å². The van der Waals surface area contributed by atoms with E-state index in [2.05, 4.69) is 5.32 Å².